The Kier molecular flexibility index (Phi) is 4.92. The summed E-state index contributed by atoms with van der Waals surface area (Å²) in [6, 6.07) is 8.44. The lowest BCUT2D eigenvalue weighted by molar-refractivity contribution is 0.131. The molecule has 0 aromatic heterocycles. The molecule has 0 N–H and O–H groups in total. The van der Waals surface area contributed by atoms with E-state index in [4.69, 9.17) is 4.84 Å². The molecule has 0 unspecified atom stereocenters. The smallest absolute Gasteiger partial charge is 0.263 e. The first-order chi connectivity index (χ1) is 10.0. The third-order valence-electron chi connectivity index (χ3n) is 2.53. The first-order valence-electron chi connectivity index (χ1n) is 5.95. The van der Waals surface area contributed by atoms with Crippen molar-refractivity contribution in [3.05, 3.63) is 70.8 Å². The second-order valence-corrected chi connectivity index (χ2v) is 4.18. The van der Waals surface area contributed by atoms with Gasteiger partial charge < -0.3 is 4.84 Å². The average Bonchev–Trinajstić information content (AvgIpc) is 2.43. The van der Waals surface area contributed by atoms with Crippen LogP contribution in [0.2, 0.25) is 0 Å². The monoisotopic (exact) mass is 296 g/mol. The van der Waals surface area contributed by atoms with Crippen LogP contribution in [-0.4, -0.2) is 6.21 Å². The van der Waals surface area contributed by atoms with Crippen molar-refractivity contribution in [1.82, 2.24) is 0 Å². The zero-order valence-corrected chi connectivity index (χ0v) is 10.7. The summed E-state index contributed by atoms with van der Waals surface area (Å²) in [4.78, 5) is 4.83. The van der Waals surface area contributed by atoms with E-state index in [-0.39, 0.29) is 17.7 Å². The molecule has 0 heterocycles. The van der Waals surface area contributed by atoms with Crippen molar-refractivity contribution in [3.63, 3.8) is 0 Å². The van der Waals surface area contributed by atoms with Crippen LogP contribution < -0.4 is 0 Å². The molecule has 0 atom stereocenters. The van der Waals surface area contributed by atoms with Gasteiger partial charge in [-0.2, -0.15) is 0 Å². The normalized spacial score (nSPS) is 11.3. The Bertz CT molecular complexity index is 623. The number of nitrogens with zero attached hydrogens (tertiary/aromatic N) is 1. The highest BCUT2D eigenvalue weighted by Crippen LogP contribution is 2.18. The molecule has 2 nitrogen and oxygen atoms in total. The van der Waals surface area contributed by atoms with Crippen LogP contribution in [0.15, 0.2) is 47.6 Å². The van der Waals surface area contributed by atoms with Gasteiger partial charge in [0.25, 0.3) is 6.43 Å². The fourth-order valence-electron chi connectivity index (χ4n) is 1.63. The van der Waals surface area contributed by atoms with Gasteiger partial charge in [-0.3, -0.25) is 0 Å². The Labute approximate surface area is 118 Å². The average molecular weight is 296 g/mol. The van der Waals surface area contributed by atoms with Gasteiger partial charge in [-0.15, -0.1) is 0 Å². The van der Waals surface area contributed by atoms with Crippen LogP contribution in [0.1, 0.15) is 23.1 Å². The maximum absolute atomic E-state index is 12.9. The number of hydrogen-bond donors (Lipinski definition) is 0. The predicted molar refractivity (Wildman–Crippen MR) is 69.1 cm³/mol. The SMILES string of the molecule is Fc1cc(F)cc(CO/N=[C]\c2cccc(C(F)F)c2)c1. The Balaban J connectivity index is 1.95. The largest absolute Gasteiger partial charge is 0.390 e. The number of alkyl halides is 2. The second-order valence-electron chi connectivity index (χ2n) is 4.18. The fourth-order valence-corrected chi connectivity index (χ4v) is 1.63. The van der Waals surface area contributed by atoms with Gasteiger partial charge in [0.1, 0.15) is 24.5 Å². The molecule has 109 valence electrons. The summed E-state index contributed by atoms with van der Waals surface area (Å²) in [6.45, 7) is -0.157. The van der Waals surface area contributed by atoms with Gasteiger partial charge in [0.05, 0.1) is 0 Å². The van der Waals surface area contributed by atoms with E-state index in [1.165, 1.54) is 24.3 Å². The van der Waals surface area contributed by atoms with Crippen LogP contribution in [0.4, 0.5) is 17.6 Å². The summed E-state index contributed by atoms with van der Waals surface area (Å²) in [5, 5.41) is 3.46. The summed E-state index contributed by atoms with van der Waals surface area (Å²) in [7, 11) is 0. The van der Waals surface area contributed by atoms with Crippen molar-refractivity contribution >= 4 is 6.21 Å². The molecule has 21 heavy (non-hydrogen) atoms. The van der Waals surface area contributed by atoms with Crippen LogP contribution in [0, 0.1) is 11.6 Å². The van der Waals surface area contributed by atoms with Gasteiger partial charge in [0.2, 0.25) is 0 Å². The molecule has 0 spiro atoms. The topological polar surface area (TPSA) is 21.6 Å². The highest BCUT2D eigenvalue weighted by Gasteiger charge is 2.06. The molecule has 1 radical (unpaired) electrons. The van der Waals surface area contributed by atoms with Gasteiger partial charge in [0.15, 0.2) is 0 Å². The van der Waals surface area contributed by atoms with Crippen molar-refractivity contribution in [3.8, 4) is 0 Å². The Morgan fingerprint density at radius 3 is 2.43 bits per heavy atom. The van der Waals surface area contributed by atoms with Gasteiger partial charge in [-0.25, -0.2) is 17.6 Å². The minimum atomic E-state index is -2.58. The summed E-state index contributed by atoms with van der Waals surface area (Å²) in [6.07, 6.45) is -0.159. The Morgan fingerprint density at radius 1 is 1.05 bits per heavy atom. The van der Waals surface area contributed by atoms with Crippen LogP contribution in [0.3, 0.4) is 0 Å². The standard InChI is InChI=1S/C15H10F4NO/c16-13-5-11(6-14(17)7-13)9-21-20-8-10-2-1-3-12(4-10)15(18)19/h1-7,15H,9H2. The minimum Gasteiger partial charge on any atom is -0.390 e. The van der Waals surface area contributed by atoms with E-state index in [1.54, 1.807) is 0 Å². The quantitative estimate of drug-likeness (QED) is 0.457. The maximum Gasteiger partial charge on any atom is 0.263 e. The number of halogens is 4. The Hall–Kier alpha value is -2.37. The zero-order chi connectivity index (χ0) is 15.2. The Morgan fingerprint density at radius 2 is 1.76 bits per heavy atom. The number of benzene rings is 2. The second kappa shape index (κ2) is 6.88. The molecule has 0 saturated carbocycles. The van der Waals surface area contributed by atoms with E-state index in [2.05, 4.69) is 11.4 Å². The predicted octanol–water partition coefficient (Wildman–Crippen LogP) is 4.33. The molecule has 0 aliphatic heterocycles. The van der Waals surface area contributed by atoms with Crippen molar-refractivity contribution in [1.29, 1.82) is 0 Å². The molecule has 0 fully saturated rings. The molecule has 2 aromatic carbocycles. The number of hydrogen-bond acceptors (Lipinski definition) is 2. The molecule has 0 bridgehead atoms. The lowest BCUT2D eigenvalue weighted by Crippen LogP contribution is -1.92. The summed E-state index contributed by atoms with van der Waals surface area (Å²) in [5.41, 5.74) is 0.431. The minimum absolute atomic E-state index is 0.151. The van der Waals surface area contributed by atoms with E-state index < -0.39 is 18.1 Å². The van der Waals surface area contributed by atoms with Crippen molar-refractivity contribution in [2.75, 3.05) is 0 Å². The van der Waals surface area contributed by atoms with Crippen molar-refractivity contribution in [2.24, 2.45) is 5.16 Å². The van der Waals surface area contributed by atoms with Gasteiger partial charge in [-0.1, -0.05) is 23.4 Å². The summed E-state index contributed by atoms with van der Waals surface area (Å²) >= 11 is 0. The highest BCUT2D eigenvalue weighted by atomic mass is 19.3. The lowest BCUT2D eigenvalue weighted by atomic mass is 10.1. The molecule has 6 heteroatoms. The highest BCUT2D eigenvalue weighted by molar-refractivity contribution is 5.79. The van der Waals surface area contributed by atoms with Crippen LogP contribution >= 0.6 is 0 Å². The van der Waals surface area contributed by atoms with Crippen LogP contribution in [0.5, 0.6) is 0 Å². The first-order valence-corrected chi connectivity index (χ1v) is 5.95. The maximum atomic E-state index is 12.9. The first kappa shape index (κ1) is 15.0. The van der Waals surface area contributed by atoms with Crippen LogP contribution in [0.25, 0.3) is 0 Å². The zero-order valence-electron chi connectivity index (χ0n) is 10.7. The van der Waals surface area contributed by atoms with Gasteiger partial charge in [0, 0.05) is 17.2 Å². The summed E-state index contributed by atoms with van der Waals surface area (Å²) in [5.74, 6) is -1.43. The third kappa shape index (κ3) is 4.59. The van der Waals surface area contributed by atoms with E-state index in [0.29, 0.717) is 5.56 Å². The molecule has 0 amide bonds. The number of rotatable bonds is 5. The molecule has 0 aliphatic rings. The van der Waals surface area contributed by atoms with E-state index in [1.807, 2.05) is 0 Å². The van der Waals surface area contributed by atoms with Gasteiger partial charge >= 0.3 is 0 Å². The molecular weight excluding hydrogens is 286 g/mol. The fraction of sp³-hybridized carbons (Fsp3) is 0.133. The van der Waals surface area contributed by atoms with Gasteiger partial charge in [-0.05, 0) is 23.8 Å². The van der Waals surface area contributed by atoms with E-state index in [9.17, 15) is 17.6 Å². The molecular formula is C15H10F4NO. The molecule has 2 aromatic rings. The summed E-state index contributed by atoms with van der Waals surface area (Å²) < 4.78 is 50.8. The molecule has 2 rings (SSSR count). The van der Waals surface area contributed by atoms with Crippen molar-refractivity contribution < 1.29 is 22.4 Å². The van der Waals surface area contributed by atoms with Crippen molar-refractivity contribution in [2.45, 2.75) is 13.0 Å². The third-order valence-corrected chi connectivity index (χ3v) is 2.53. The van der Waals surface area contributed by atoms with E-state index in [0.717, 1.165) is 18.2 Å². The molecule has 0 aliphatic carbocycles. The van der Waals surface area contributed by atoms with Crippen LogP contribution in [-0.2, 0) is 11.4 Å². The van der Waals surface area contributed by atoms with E-state index >= 15 is 0 Å². The lowest BCUT2D eigenvalue weighted by Gasteiger charge is -2.01. The molecule has 0 saturated heterocycles.